The van der Waals surface area contributed by atoms with E-state index in [9.17, 15) is 22.4 Å². The maximum atomic E-state index is 14.6. The van der Waals surface area contributed by atoms with Crippen molar-refractivity contribution in [1.29, 1.82) is 0 Å². The number of pyridine rings is 1. The summed E-state index contributed by atoms with van der Waals surface area (Å²) in [6.45, 7) is -0.220. The lowest BCUT2D eigenvalue weighted by Crippen LogP contribution is -2.34. The fraction of sp³-hybridized carbons (Fsp3) is 0.250. The molecule has 5 nitrogen and oxygen atoms in total. The quantitative estimate of drug-likeness (QED) is 0.387. The van der Waals surface area contributed by atoms with Crippen molar-refractivity contribution >= 4 is 12.0 Å². The lowest BCUT2D eigenvalue weighted by Gasteiger charge is -2.28. The van der Waals surface area contributed by atoms with E-state index in [1.807, 2.05) is 12.1 Å². The summed E-state index contributed by atoms with van der Waals surface area (Å²) in [5.41, 5.74) is 4.20. The Bertz CT molecular complexity index is 1150. The fourth-order valence-electron chi connectivity index (χ4n) is 3.86. The van der Waals surface area contributed by atoms with Gasteiger partial charge in [-0.15, -0.1) is 0 Å². The van der Waals surface area contributed by atoms with Crippen LogP contribution in [0.5, 0.6) is 5.75 Å². The van der Waals surface area contributed by atoms with E-state index in [-0.39, 0.29) is 17.4 Å². The van der Waals surface area contributed by atoms with Crippen LogP contribution in [-0.2, 0) is 6.42 Å². The predicted molar refractivity (Wildman–Crippen MR) is 116 cm³/mol. The minimum absolute atomic E-state index is 0.0227. The van der Waals surface area contributed by atoms with Crippen molar-refractivity contribution in [3.8, 4) is 16.9 Å². The molecular weight excluding hydrogens is 438 g/mol. The summed E-state index contributed by atoms with van der Waals surface area (Å²) in [6, 6.07) is 10.9. The molecule has 0 fully saturated rings. The Kier molecular flexibility index (Phi) is 6.60. The van der Waals surface area contributed by atoms with Crippen LogP contribution in [0.4, 0.5) is 23.2 Å². The highest BCUT2D eigenvalue weighted by Crippen LogP contribution is 2.32. The zero-order valence-electron chi connectivity index (χ0n) is 17.5. The van der Waals surface area contributed by atoms with E-state index < -0.39 is 18.6 Å². The minimum Gasteiger partial charge on any atom is -0.484 e. The highest BCUT2D eigenvalue weighted by Gasteiger charge is 2.28. The number of nitrogens with one attached hydrogen (secondary N) is 2. The molecule has 2 heterocycles. The number of rotatable bonds is 7. The standard InChI is InChI=1S/C24H21F4N3O2/c25-21-10-18(33-14-24(26,27)28)2-4-19(21)15-1-3-20-16(9-15)6-8-30-23(20)12-31-22-11-29-7-5-17(22)13-32/h1-5,7,9-11,13,23,30-31H,6,8,12,14H2/t23-/m1/s1. The van der Waals surface area contributed by atoms with E-state index in [4.69, 9.17) is 0 Å². The average molecular weight is 459 g/mol. The van der Waals surface area contributed by atoms with Crippen molar-refractivity contribution in [2.24, 2.45) is 0 Å². The van der Waals surface area contributed by atoms with Crippen LogP contribution in [0.25, 0.3) is 11.1 Å². The summed E-state index contributed by atoms with van der Waals surface area (Å²) in [5, 5.41) is 6.68. The Morgan fingerprint density at radius 1 is 1.18 bits per heavy atom. The summed E-state index contributed by atoms with van der Waals surface area (Å²) < 4.78 is 56.2. The molecule has 1 aromatic heterocycles. The lowest BCUT2D eigenvalue weighted by atomic mass is 9.90. The Balaban J connectivity index is 1.50. The third kappa shape index (κ3) is 5.48. The molecule has 0 amide bonds. The summed E-state index contributed by atoms with van der Waals surface area (Å²) in [5.74, 6) is -0.827. The lowest BCUT2D eigenvalue weighted by molar-refractivity contribution is -0.153. The van der Waals surface area contributed by atoms with Gasteiger partial charge in [0.2, 0.25) is 0 Å². The van der Waals surface area contributed by atoms with Gasteiger partial charge < -0.3 is 15.4 Å². The summed E-state index contributed by atoms with van der Waals surface area (Å²) in [4.78, 5) is 15.2. The van der Waals surface area contributed by atoms with Crippen LogP contribution < -0.4 is 15.4 Å². The van der Waals surface area contributed by atoms with Crippen LogP contribution in [0.1, 0.15) is 27.5 Å². The molecule has 1 atom stereocenters. The van der Waals surface area contributed by atoms with Gasteiger partial charge >= 0.3 is 6.18 Å². The molecule has 0 bridgehead atoms. The van der Waals surface area contributed by atoms with E-state index in [1.54, 1.807) is 24.5 Å². The molecule has 3 aromatic rings. The van der Waals surface area contributed by atoms with Gasteiger partial charge in [0.25, 0.3) is 0 Å². The van der Waals surface area contributed by atoms with E-state index >= 15 is 0 Å². The van der Waals surface area contributed by atoms with Crippen LogP contribution in [-0.4, -0.2) is 37.1 Å². The predicted octanol–water partition coefficient (Wildman–Crippen LogP) is 4.94. The highest BCUT2D eigenvalue weighted by molar-refractivity contribution is 5.83. The van der Waals surface area contributed by atoms with Crippen molar-refractivity contribution in [3.05, 3.63) is 77.4 Å². The second kappa shape index (κ2) is 9.58. The van der Waals surface area contributed by atoms with Gasteiger partial charge in [0, 0.05) is 36.0 Å². The number of fused-ring (bicyclic) bond motifs is 1. The first-order valence-corrected chi connectivity index (χ1v) is 10.3. The molecule has 1 aliphatic heterocycles. The number of carbonyl (C=O) groups is 1. The van der Waals surface area contributed by atoms with E-state index in [0.717, 1.165) is 36.4 Å². The number of aromatic nitrogens is 1. The molecule has 0 aliphatic carbocycles. The maximum absolute atomic E-state index is 14.6. The second-order valence-electron chi connectivity index (χ2n) is 7.68. The third-order valence-corrected chi connectivity index (χ3v) is 5.44. The Morgan fingerprint density at radius 2 is 2.03 bits per heavy atom. The number of aldehydes is 1. The minimum atomic E-state index is -4.49. The zero-order valence-corrected chi connectivity index (χ0v) is 17.5. The Hall–Kier alpha value is -3.46. The van der Waals surface area contributed by atoms with Crippen molar-refractivity contribution in [2.75, 3.05) is 25.0 Å². The average Bonchev–Trinajstić information content (AvgIpc) is 2.80. The number of hydrogen-bond acceptors (Lipinski definition) is 5. The van der Waals surface area contributed by atoms with Crippen molar-refractivity contribution in [1.82, 2.24) is 10.3 Å². The van der Waals surface area contributed by atoms with Crippen LogP contribution >= 0.6 is 0 Å². The normalized spacial score (nSPS) is 15.6. The molecular formula is C24H21F4N3O2. The number of alkyl halides is 3. The zero-order chi connectivity index (χ0) is 23.4. The van der Waals surface area contributed by atoms with Crippen molar-refractivity contribution < 1.29 is 27.1 Å². The van der Waals surface area contributed by atoms with Gasteiger partial charge in [-0.2, -0.15) is 13.2 Å². The first-order chi connectivity index (χ1) is 15.8. The summed E-state index contributed by atoms with van der Waals surface area (Å²) in [6.07, 6.45) is 0.187. The Morgan fingerprint density at radius 3 is 2.79 bits per heavy atom. The van der Waals surface area contributed by atoms with E-state index in [0.29, 0.717) is 23.4 Å². The summed E-state index contributed by atoms with van der Waals surface area (Å²) >= 11 is 0. The van der Waals surface area contributed by atoms with E-state index in [1.165, 1.54) is 12.1 Å². The van der Waals surface area contributed by atoms with Crippen LogP contribution in [0.15, 0.2) is 54.9 Å². The van der Waals surface area contributed by atoms with Crippen LogP contribution in [0, 0.1) is 5.82 Å². The number of ether oxygens (including phenoxy) is 1. The van der Waals surface area contributed by atoms with Gasteiger partial charge in [-0.3, -0.25) is 9.78 Å². The molecule has 2 aromatic carbocycles. The molecule has 9 heteroatoms. The molecule has 1 aliphatic rings. The van der Waals surface area contributed by atoms with Gasteiger partial charge in [-0.1, -0.05) is 18.2 Å². The molecule has 172 valence electrons. The fourth-order valence-corrected chi connectivity index (χ4v) is 3.86. The van der Waals surface area contributed by atoms with Gasteiger partial charge in [-0.25, -0.2) is 4.39 Å². The Labute approximate surface area is 187 Å². The molecule has 0 spiro atoms. The number of benzene rings is 2. The number of carbonyl (C=O) groups excluding carboxylic acids is 1. The van der Waals surface area contributed by atoms with Crippen LogP contribution in [0.3, 0.4) is 0 Å². The third-order valence-electron chi connectivity index (χ3n) is 5.44. The number of anilines is 1. The molecule has 33 heavy (non-hydrogen) atoms. The molecule has 0 saturated heterocycles. The highest BCUT2D eigenvalue weighted by atomic mass is 19.4. The number of nitrogens with zero attached hydrogens (tertiary/aromatic N) is 1. The molecule has 0 unspecified atom stereocenters. The van der Waals surface area contributed by atoms with Gasteiger partial charge in [0.05, 0.1) is 11.9 Å². The SMILES string of the molecule is O=Cc1ccncc1NC[C@H]1NCCc2cc(-c3ccc(OCC(F)(F)F)cc3F)ccc21. The molecule has 4 rings (SSSR count). The van der Waals surface area contributed by atoms with Crippen LogP contribution in [0.2, 0.25) is 0 Å². The first kappa shape index (κ1) is 22.7. The number of hydrogen-bond donors (Lipinski definition) is 2. The second-order valence-corrected chi connectivity index (χ2v) is 7.68. The molecule has 2 N–H and O–H groups in total. The topological polar surface area (TPSA) is 63.2 Å². The first-order valence-electron chi connectivity index (χ1n) is 10.3. The smallest absolute Gasteiger partial charge is 0.422 e. The summed E-state index contributed by atoms with van der Waals surface area (Å²) in [7, 11) is 0. The van der Waals surface area contributed by atoms with Crippen molar-refractivity contribution in [3.63, 3.8) is 0 Å². The molecule has 0 radical (unpaired) electrons. The van der Waals surface area contributed by atoms with Crippen molar-refractivity contribution in [2.45, 2.75) is 18.6 Å². The monoisotopic (exact) mass is 459 g/mol. The largest absolute Gasteiger partial charge is 0.484 e. The number of halogens is 4. The van der Waals surface area contributed by atoms with Gasteiger partial charge in [0.15, 0.2) is 12.9 Å². The maximum Gasteiger partial charge on any atom is 0.422 e. The molecule has 0 saturated carbocycles. The van der Waals surface area contributed by atoms with E-state index in [2.05, 4.69) is 20.4 Å². The van der Waals surface area contributed by atoms with Gasteiger partial charge in [0.1, 0.15) is 11.6 Å². The van der Waals surface area contributed by atoms with Gasteiger partial charge in [-0.05, 0) is 47.9 Å².